The highest BCUT2D eigenvalue weighted by Crippen LogP contribution is 2.36. The maximum Gasteiger partial charge on any atom is 0.266 e. The van der Waals surface area contributed by atoms with Gasteiger partial charge < -0.3 is 14.4 Å². The molecule has 3 aromatic rings. The molecule has 11 heteroatoms. The lowest BCUT2D eigenvalue weighted by Crippen LogP contribution is -2.40. The molecule has 0 aromatic heterocycles. The number of nitrogens with zero attached hydrogens (tertiary/aromatic N) is 3. The molecule has 0 bridgehead atoms. The Balaban J connectivity index is 1.36. The number of benzene rings is 3. The normalized spacial score (nSPS) is 17.6. The third-order valence-corrected chi connectivity index (χ3v) is 8.42. The Bertz CT molecular complexity index is 1520. The van der Waals surface area contributed by atoms with Crippen LogP contribution in [-0.4, -0.2) is 60.1 Å². The van der Waals surface area contributed by atoms with Gasteiger partial charge in [0, 0.05) is 51.3 Å². The zero-order chi connectivity index (χ0) is 28.2. The topological polar surface area (TPSA) is 71.4 Å². The van der Waals surface area contributed by atoms with E-state index in [-0.39, 0.29) is 18.4 Å². The number of amidine groups is 1. The maximum atomic E-state index is 13.1. The van der Waals surface area contributed by atoms with E-state index in [0.29, 0.717) is 63.4 Å². The molecule has 2 aliphatic rings. The summed E-state index contributed by atoms with van der Waals surface area (Å²) >= 11 is 17.1. The van der Waals surface area contributed by atoms with Gasteiger partial charge in [-0.25, -0.2) is 4.99 Å². The smallest absolute Gasteiger partial charge is 0.266 e. The zero-order valence-electron chi connectivity index (χ0n) is 21.4. The van der Waals surface area contributed by atoms with Gasteiger partial charge in [-0.2, -0.15) is 0 Å². The van der Waals surface area contributed by atoms with Gasteiger partial charge >= 0.3 is 0 Å². The summed E-state index contributed by atoms with van der Waals surface area (Å²) in [6.45, 7) is 2.43. The molecule has 2 fully saturated rings. The summed E-state index contributed by atoms with van der Waals surface area (Å²) in [4.78, 5) is 34.5. The van der Waals surface area contributed by atoms with Crippen LogP contribution in [0.4, 0.5) is 5.69 Å². The van der Waals surface area contributed by atoms with E-state index in [9.17, 15) is 9.59 Å². The predicted octanol–water partition coefficient (Wildman–Crippen LogP) is 7.04. The highest BCUT2D eigenvalue weighted by Gasteiger charge is 2.31. The third-order valence-electron chi connectivity index (χ3n) is 6.28. The van der Waals surface area contributed by atoms with Crippen molar-refractivity contribution in [3.05, 3.63) is 96.8 Å². The summed E-state index contributed by atoms with van der Waals surface area (Å²) in [5.74, 6) is 0.352. The van der Waals surface area contributed by atoms with Gasteiger partial charge in [0.25, 0.3) is 11.8 Å². The average Bonchev–Trinajstić information content (AvgIpc) is 3.21. The molecule has 0 atom stereocenters. The second-order valence-corrected chi connectivity index (χ2v) is 11.8. The Kier molecular flexibility index (Phi) is 9.17. The van der Waals surface area contributed by atoms with Crippen LogP contribution in [0.2, 0.25) is 10.0 Å². The number of ether oxygens (including phenoxy) is 2. The van der Waals surface area contributed by atoms with Crippen LogP contribution < -0.4 is 4.74 Å². The number of halogens is 3. The molecular formula is C29H24BrCl2N3O4S. The van der Waals surface area contributed by atoms with Crippen molar-refractivity contribution >= 4 is 79.6 Å². The Labute approximate surface area is 254 Å². The first-order valence-electron chi connectivity index (χ1n) is 12.4. The van der Waals surface area contributed by atoms with Crippen molar-refractivity contribution in [2.75, 3.05) is 33.4 Å². The maximum absolute atomic E-state index is 13.1. The largest absolute Gasteiger partial charge is 0.488 e. The fourth-order valence-electron chi connectivity index (χ4n) is 4.12. The second kappa shape index (κ2) is 12.8. The molecule has 0 radical (unpaired) electrons. The van der Waals surface area contributed by atoms with E-state index >= 15 is 0 Å². The van der Waals surface area contributed by atoms with Crippen LogP contribution in [0.15, 0.2) is 75.0 Å². The first-order valence-corrected chi connectivity index (χ1v) is 14.7. The van der Waals surface area contributed by atoms with Gasteiger partial charge in [-0.1, -0.05) is 51.3 Å². The van der Waals surface area contributed by atoms with E-state index in [1.165, 1.54) is 16.7 Å². The minimum Gasteiger partial charge on any atom is -0.488 e. The van der Waals surface area contributed by atoms with Gasteiger partial charge in [-0.3, -0.25) is 14.5 Å². The van der Waals surface area contributed by atoms with Gasteiger partial charge in [-0.05, 0) is 66.4 Å². The Morgan fingerprint density at radius 3 is 2.70 bits per heavy atom. The fraction of sp³-hybridized carbons (Fsp3) is 0.207. The molecule has 40 heavy (non-hydrogen) atoms. The molecule has 0 aliphatic carbocycles. The highest BCUT2D eigenvalue weighted by atomic mass is 79.9. The molecule has 0 spiro atoms. The van der Waals surface area contributed by atoms with Gasteiger partial charge in [0.1, 0.15) is 12.4 Å². The number of rotatable bonds is 6. The van der Waals surface area contributed by atoms with Crippen molar-refractivity contribution in [2.24, 2.45) is 4.99 Å². The minimum absolute atomic E-state index is 0.0588. The lowest BCUT2D eigenvalue weighted by atomic mass is 10.1. The summed E-state index contributed by atoms with van der Waals surface area (Å²) in [5, 5.41) is 1.58. The Morgan fingerprint density at radius 1 is 1.12 bits per heavy atom. The standard InChI is InChI=1S/C29H24BrCl2N3O4S/c1-34-28(37)26(15-20-13-21(30)6-8-25(20)39-17-19-5-7-22(31)16-24(19)32)40-29(34)33-23-4-2-3-18(14-23)27(36)35-9-11-38-12-10-35/h2-8,13-16H,9-12,17H2,1H3/b26-15+,33-29?. The molecule has 0 unspecified atom stereocenters. The molecule has 2 aliphatic heterocycles. The first kappa shape index (κ1) is 28.7. The van der Waals surface area contributed by atoms with Gasteiger partial charge in [-0.15, -0.1) is 0 Å². The molecule has 5 rings (SSSR count). The van der Waals surface area contributed by atoms with E-state index in [2.05, 4.69) is 20.9 Å². The van der Waals surface area contributed by atoms with Crippen LogP contribution in [0.1, 0.15) is 21.5 Å². The van der Waals surface area contributed by atoms with E-state index < -0.39 is 0 Å². The summed E-state index contributed by atoms with van der Waals surface area (Å²) < 4.78 is 12.3. The fourth-order valence-corrected chi connectivity index (χ4v) is 5.94. The molecule has 2 heterocycles. The number of hydrogen-bond acceptors (Lipinski definition) is 6. The number of morpholine rings is 1. The molecule has 0 N–H and O–H groups in total. The molecule has 2 saturated heterocycles. The SMILES string of the molecule is CN1C(=O)/C(=C\c2cc(Br)ccc2OCc2ccc(Cl)cc2Cl)SC1=Nc1cccc(C(=O)N2CCOCC2)c1. The van der Waals surface area contributed by atoms with Gasteiger partial charge in [0.15, 0.2) is 5.17 Å². The summed E-state index contributed by atoms with van der Waals surface area (Å²) in [6, 6.07) is 18.0. The zero-order valence-corrected chi connectivity index (χ0v) is 25.3. The van der Waals surface area contributed by atoms with E-state index in [4.69, 9.17) is 32.7 Å². The average molecular weight is 661 g/mol. The van der Waals surface area contributed by atoms with Crippen molar-refractivity contribution in [1.82, 2.24) is 9.80 Å². The Morgan fingerprint density at radius 2 is 1.93 bits per heavy atom. The molecule has 0 saturated carbocycles. The van der Waals surface area contributed by atoms with Gasteiger partial charge in [0.2, 0.25) is 0 Å². The first-order chi connectivity index (χ1) is 19.3. The van der Waals surface area contributed by atoms with Crippen LogP contribution in [0.25, 0.3) is 6.08 Å². The van der Waals surface area contributed by atoms with E-state index in [1.807, 2.05) is 30.3 Å². The molecule has 2 amide bonds. The number of likely N-dealkylation sites (N-methyl/N-ethyl adjacent to an activating group) is 1. The second-order valence-electron chi connectivity index (χ2n) is 9.03. The molecule has 206 valence electrons. The number of aliphatic imine (C=N–C) groups is 1. The lowest BCUT2D eigenvalue weighted by Gasteiger charge is -2.26. The van der Waals surface area contributed by atoms with Crippen molar-refractivity contribution in [2.45, 2.75) is 6.61 Å². The Hall–Kier alpha value is -2.82. The van der Waals surface area contributed by atoms with E-state index in [1.54, 1.807) is 48.4 Å². The predicted molar refractivity (Wildman–Crippen MR) is 164 cm³/mol. The quantitative estimate of drug-likeness (QED) is 0.265. The number of hydrogen-bond donors (Lipinski definition) is 0. The monoisotopic (exact) mass is 659 g/mol. The third kappa shape index (κ3) is 6.72. The minimum atomic E-state index is -0.184. The highest BCUT2D eigenvalue weighted by molar-refractivity contribution is 9.10. The number of thioether (sulfide) groups is 1. The molecule has 7 nitrogen and oxygen atoms in total. The lowest BCUT2D eigenvalue weighted by molar-refractivity contribution is -0.121. The number of amides is 2. The van der Waals surface area contributed by atoms with Crippen molar-refractivity contribution < 1.29 is 19.1 Å². The van der Waals surface area contributed by atoms with Crippen molar-refractivity contribution in [3.63, 3.8) is 0 Å². The molecular weight excluding hydrogens is 637 g/mol. The molecule has 3 aromatic carbocycles. The van der Waals surface area contributed by atoms with Crippen LogP contribution in [0.3, 0.4) is 0 Å². The van der Waals surface area contributed by atoms with Crippen LogP contribution >= 0.6 is 50.9 Å². The summed E-state index contributed by atoms with van der Waals surface area (Å²) in [5.41, 5.74) is 2.66. The number of carbonyl (C=O) groups is 2. The summed E-state index contributed by atoms with van der Waals surface area (Å²) in [7, 11) is 1.68. The van der Waals surface area contributed by atoms with Gasteiger partial charge in [0.05, 0.1) is 23.8 Å². The summed E-state index contributed by atoms with van der Waals surface area (Å²) in [6.07, 6.45) is 1.79. The van der Waals surface area contributed by atoms with E-state index in [0.717, 1.165) is 15.6 Å². The van der Waals surface area contributed by atoms with Crippen molar-refractivity contribution in [1.29, 1.82) is 0 Å². The van der Waals surface area contributed by atoms with Crippen LogP contribution in [-0.2, 0) is 16.1 Å². The number of carbonyl (C=O) groups excluding carboxylic acids is 2. The van der Waals surface area contributed by atoms with Crippen LogP contribution in [0, 0.1) is 0 Å². The van der Waals surface area contributed by atoms with Crippen LogP contribution in [0.5, 0.6) is 5.75 Å². The van der Waals surface area contributed by atoms with Crippen molar-refractivity contribution in [3.8, 4) is 5.75 Å².